The van der Waals surface area contributed by atoms with Crippen LogP contribution in [0.5, 0.6) is 0 Å². The number of anilines is 3. The van der Waals surface area contributed by atoms with Crippen molar-refractivity contribution in [3.63, 3.8) is 0 Å². The maximum absolute atomic E-state index is 2.43. The molecule has 0 atom stereocenters. The van der Waals surface area contributed by atoms with Crippen molar-refractivity contribution in [1.29, 1.82) is 0 Å². The van der Waals surface area contributed by atoms with Gasteiger partial charge in [-0.2, -0.15) is 0 Å². The first-order valence-corrected chi connectivity index (χ1v) is 15.1. The van der Waals surface area contributed by atoms with Gasteiger partial charge in [0, 0.05) is 42.4 Å². The molecule has 0 fully saturated rings. The Morgan fingerprint density at radius 2 is 0.976 bits per heavy atom. The lowest BCUT2D eigenvalue weighted by Gasteiger charge is -2.29. The van der Waals surface area contributed by atoms with Crippen molar-refractivity contribution >= 4 is 59.3 Å². The summed E-state index contributed by atoms with van der Waals surface area (Å²) in [7, 11) is 0. The molecule has 8 rings (SSSR count). The molecular weight excluding hydrogens is 527 g/mol. The molecule has 1 aromatic heterocycles. The molecule has 0 radical (unpaired) electrons. The highest BCUT2D eigenvalue weighted by Crippen LogP contribution is 2.47. The second-order valence-corrected chi connectivity index (χ2v) is 11.6. The van der Waals surface area contributed by atoms with Crippen LogP contribution >= 0.6 is 11.3 Å². The van der Waals surface area contributed by atoms with Crippen LogP contribution in [-0.4, -0.2) is 0 Å². The zero-order valence-electron chi connectivity index (χ0n) is 22.9. The first-order valence-electron chi connectivity index (χ1n) is 14.3. The lowest BCUT2D eigenvalue weighted by Crippen LogP contribution is -2.11. The Kier molecular flexibility index (Phi) is 6.05. The molecule has 0 aliphatic carbocycles. The molecule has 198 valence electrons. The van der Waals surface area contributed by atoms with Gasteiger partial charge in [0.15, 0.2) is 0 Å². The normalized spacial score (nSPS) is 11.3. The zero-order chi connectivity index (χ0) is 27.9. The molecule has 7 aromatic carbocycles. The van der Waals surface area contributed by atoms with Crippen molar-refractivity contribution < 1.29 is 0 Å². The third-order valence-electron chi connectivity index (χ3n) is 8.08. The number of fused-ring (bicyclic) bond motifs is 4. The Hall–Kier alpha value is -5.18. The van der Waals surface area contributed by atoms with Crippen molar-refractivity contribution in [2.75, 3.05) is 4.90 Å². The highest BCUT2D eigenvalue weighted by Gasteiger charge is 2.20. The standard InChI is InChI=1S/C40H27NS/c1-2-12-28(13-3-1)29-24-26-31(27-25-29)41(37-22-10-15-30-14-4-5-16-32(30)37)38-21-8-6-17-33(38)35-19-11-20-36-34-18-7-9-23-39(34)42-40(35)36/h1-27H. The van der Waals surface area contributed by atoms with Crippen LogP contribution in [0.1, 0.15) is 0 Å². The summed E-state index contributed by atoms with van der Waals surface area (Å²) in [6.07, 6.45) is 0. The van der Waals surface area contributed by atoms with Crippen molar-refractivity contribution in [2.45, 2.75) is 0 Å². The van der Waals surface area contributed by atoms with E-state index in [-0.39, 0.29) is 0 Å². The summed E-state index contributed by atoms with van der Waals surface area (Å²) in [5.41, 5.74) is 8.35. The molecule has 0 aliphatic heterocycles. The smallest absolute Gasteiger partial charge is 0.0540 e. The van der Waals surface area contributed by atoms with E-state index in [1.165, 1.54) is 53.2 Å². The van der Waals surface area contributed by atoms with Crippen molar-refractivity contribution in [3.8, 4) is 22.3 Å². The lowest BCUT2D eigenvalue weighted by molar-refractivity contribution is 1.30. The molecule has 0 aliphatic rings. The number of rotatable bonds is 5. The van der Waals surface area contributed by atoms with Crippen LogP contribution < -0.4 is 4.90 Å². The second-order valence-electron chi connectivity index (χ2n) is 10.5. The number of hydrogen-bond acceptors (Lipinski definition) is 2. The predicted molar refractivity (Wildman–Crippen MR) is 182 cm³/mol. The molecule has 0 unspecified atom stereocenters. The average molecular weight is 554 g/mol. The van der Waals surface area contributed by atoms with E-state index in [9.17, 15) is 0 Å². The molecule has 2 heteroatoms. The van der Waals surface area contributed by atoms with E-state index in [4.69, 9.17) is 0 Å². The Bertz CT molecular complexity index is 2190. The Labute approximate surface area is 249 Å². The molecular formula is C40H27NS. The van der Waals surface area contributed by atoms with Gasteiger partial charge in [0.1, 0.15) is 0 Å². The number of hydrogen-bond donors (Lipinski definition) is 0. The molecule has 0 saturated heterocycles. The van der Waals surface area contributed by atoms with Crippen LogP contribution in [0.4, 0.5) is 17.1 Å². The predicted octanol–water partition coefficient (Wildman–Crippen LogP) is 12.0. The highest BCUT2D eigenvalue weighted by atomic mass is 32.1. The summed E-state index contributed by atoms with van der Waals surface area (Å²) in [6, 6.07) is 59.1. The molecule has 0 bridgehead atoms. The lowest BCUT2D eigenvalue weighted by atomic mass is 9.98. The summed E-state index contributed by atoms with van der Waals surface area (Å²) < 4.78 is 2.64. The fourth-order valence-electron chi connectivity index (χ4n) is 6.10. The third-order valence-corrected chi connectivity index (χ3v) is 9.30. The van der Waals surface area contributed by atoms with Gasteiger partial charge in [-0.05, 0) is 46.8 Å². The first kappa shape index (κ1) is 24.6. The molecule has 1 heterocycles. The number of nitrogens with zero attached hydrogens (tertiary/aromatic N) is 1. The van der Waals surface area contributed by atoms with Crippen molar-refractivity contribution in [2.24, 2.45) is 0 Å². The van der Waals surface area contributed by atoms with Crippen LogP contribution in [0, 0.1) is 0 Å². The van der Waals surface area contributed by atoms with Gasteiger partial charge in [-0.3, -0.25) is 0 Å². The Morgan fingerprint density at radius 1 is 0.381 bits per heavy atom. The zero-order valence-corrected chi connectivity index (χ0v) is 23.8. The summed E-state index contributed by atoms with van der Waals surface area (Å²) in [4.78, 5) is 2.43. The van der Waals surface area contributed by atoms with E-state index in [2.05, 4.69) is 169 Å². The fraction of sp³-hybridized carbons (Fsp3) is 0. The second kappa shape index (κ2) is 10.3. The fourth-order valence-corrected chi connectivity index (χ4v) is 7.33. The van der Waals surface area contributed by atoms with E-state index < -0.39 is 0 Å². The van der Waals surface area contributed by atoms with Gasteiger partial charge < -0.3 is 4.90 Å². The molecule has 0 spiro atoms. The van der Waals surface area contributed by atoms with Gasteiger partial charge in [0.2, 0.25) is 0 Å². The van der Waals surface area contributed by atoms with Gasteiger partial charge >= 0.3 is 0 Å². The van der Waals surface area contributed by atoms with Gasteiger partial charge in [-0.1, -0.05) is 133 Å². The molecule has 0 N–H and O–H groups in total. The van der Waals surface area contributed by atoms with Crippen LogP contribution in [0.25, 0.3) is 53.2 Å². The van der Waals surface area contributed by atoms with E-state index in [0.29, 0.717) is 0 Å². The minimum atomic E-state index is 1.13. The van der Waals surface area contributed by atoms with Crippen LogP contribution in [0.3, 0.4) is 0 Å². The van der Waals surface area contributed by atoms with E-state index in [1.807, 2.05) is 11.3 Å². The number of para-hydroxylation sites is 1. The Morgan fingerprint density at radius 3 is 1.86 bits per heavy atom. The Balaban J connectivity index is 1.37. The molecule has 1 nitrogen and oxygen atoms in total. The summed E-state index contributed by atoms with van der Waals surface area (Å²) in [5.74, 6) is 0. The summed E-state index contributed by atoms with van der Waals surface area (Å²) in [5, 5.41) is 5.08. The first-order chi connectivity index (χ1) is 20.8. The largest absolute Gasteiger partial charge is 0.309 e. The van der Waals surface area contributed by atoms with Crippen LogP contribution in [-0.2, 0) is 0 Å². The third kappa shape index (κ3) is 4.16. The minimum Gasteiger partial charge on any atom is -0.309 e. The van der Waals surface area contributed by atoms with Gasteiger partial charge in [0.05, 0.1) is 11.4 Å². The molecule has 42 heavy (non-hydrogen) atoms. The van der Waals surface area contributed by atoms with Crippen molar-refractivity contribution in [1.82, 2.24) is 0 Å². The van der Waals surface area contributed by atoms with Gasteiger partial charge in [-0.15, -0.1) is 11.3 Å². The molecule has 0 amide bonds. The maximum Gasteiger partial charge on any atom is 0.0540 e. The molecule has 0 saturated carbocycles. The van der Waals surface area contributed by atoms with E-state index >= 15 is 0 Å². The monoisotopic (exact) mass is 553 g/mol. The van der Waals surface area contributed by atoms with E-state index in [1.54, 1.807) is 0 Å². The summed E-state index contributed by atoms with van der Waals surface area (Å²) >= 11 is 1.88. The average Bonchev–Trinajstić information content (AvgIpc) is 3.45. The topological polar surface area (TPSA) is 3.24 Å². The number of thiophene rings is 1. The van der Waals surface area contributed by atoms with Crippen LogP contribution in [0.15, 0.2) is 164 Å². The molecule has 8 aromatic rings. The van der Waals surface area contributed by atoms with Gasteiger partial charge in [0.25, 0.3) is 0 Å². The van der Waals surface area contributed by atoms with Crippen LogP contribution in [0.2, 0.25) is 0 Å². The van der Waals surface area contributed by atoms with Crippen molar-refractivity contribution in [3.05, 3.63) is 164 Å². The quantitative estimate of drug-likeness (QED) is 0.205. The van der Waals surface area contributed by atoms with Gasteiger partial charge in [-0.25, -0.2) is 0 Å². The summed E-state index contributed by atoms with van der Waals surface area (Å²) in [6.45, 7) is 0. The SMILES string of the molecule is c1ccc(-c2ccc(N(c3ccccc3-c3cccc4c3sc3ccccc34)c3cccc4ccccc34)cc2)cc1. The minimum absolute atomic E-state index is 1.13. The highest BCUT2D eigenvalue weighted by molar-refractivity contribution is 7.26. The maximum atomic E-state index is 2.43. The number of benzene rings is 7. The van der Waals surface area contributed by atoms with E-state index in [0.717, 1.165) is 17.1 Å².